The molecule has 2 aliphatic carbocycles. The molecule has 0 saturated heterocycles. The summed E-state index contributed by atoms with van der Waals surface area (Å²) in [6.07, 6.45) is 0. The van der Waals surface area contributed by atoms with Gasteiger partial charge in [-0.3, -0.25) is 0 Å². The van der Waals surface area contributed by atoms with Gasteiger partial charge in [-0.1, -0.05) is 216 Å². The number of methoxy groups -OCH3 is 1. The average Bonchev–Trinajstić information content (AvgIpc) is 1.58. The quantitative estimate of drug-likeness (QED) is 0.136. The van der Waals surface area contributed by atoms with Gasteiger partial charge in [0, 0.05) is 66.5 Å². The van der Waals surface area contributed by atoms with Crippen molar-refractivity contribution in [3.05, 3.63) is 332 Å². The maximum Gasteiger partial charge on any atom is 0.119 e. The summed E-state index contributed by atoms with van der Waals surface area (Å²) in [7, 11) is 1.71. The van der Waals surface area contributed by atoms with Crippen LogP contribution in [0, 0.1) is 0 Å². The fourth-order valence-corrected chi connectivity index (χ4v) is 14.8. The van der Waals surface area contributed by atoms with Crippen LogP contribution in [0.4, 0.5) is 34.1 Å². The van der Waals surface area contributed by atoms with Gasteiger partial charge in [0.2, 0.25) is 0 Å². The predicted molar refractivity (Wildman–Crippen MR) is 378 cm³/mol. The van der Waals surface area contributed by atoms with E-state index in [0.29, 0.717) is 0 Å². The van der Waals surface area contributed by atoms with Crippen LogP contribution >= 0.6 is 0 Å². The molecule has 2 heterocycles. The summed E-state index contributed by atoms with van der Waals surface area (Å²) >= 11 is 0. The third-order valence-corrected chi connectivity index (χ3v) is 19.1. The van der Waals surface area contributed by atoms with Crippen molar-refractivity contribution in [1.82, 2.24) is 9.13 Å². The molecular weight excluding hydrogens is 1090 g/mol. The van der Waals surface area contributed by atoms with Crippen molar-refractivity contribution in [1.29, 1.82) is 0 Å². The number of hydrogen-bond donors (Lipinski definition) is 0. The van der Waals surface area contributed by atoms with Gasteiger partial charge in [0.25, 0.3) is 0 Å². The van der Waals surface area contributed by atoms with E-state index >= 15 is 0 Å². The maximum absolute atomic E-state index is 5.49. The van der Waals surface area contributed by atoms with Crippen molar-refractivity contribution >= 4 is 77.7 Å². The Balaban J connectivity index is 0.000000145. The van der Waals surface area contributed by atoms with Gasteiger partial charge in [-0.2, -0.15) is 0 Å². The van der Waals surface area contributed by atoms with Gasteiger partial charge in [-0.15, -0.1) is 0 Å². The van der Waals surface area contributed by atoms with E-state index in [2.05, 4.69) is 344 Å². The van der Waals surface area contributed by atoms with Gasteiger partial charge in [-0.25, -0.2) is 0 Å². The van der Waals surface area contributed by atoms with Crippen molar-refractivity contribution in [2.75, 3.05) is 16.9 Å². The van der Waals surface area contributed by atoms with Crippen molar-refractivity contribution in [2.24, 2.45) is 0 Å². The molecule has 15 aromatic rings. The molecular formula is C85H66N4O. The first-order valence-corrected chi connectivity index (χ1v) is 31.2. The molecule has 90 heavy (non-hydrogen) atoms. The number of rotatable bonds is 10. The number of ether oxygens (including phenoxy) is 1. The number of nitrogens with zero attached hydrogens (tertiary/aromatic N) is 4. The number of anilines is 6. The highest BCUT2D eigenvalue weighted by molar-refractivity contribution is 6.18. The maximum atomic E-state index is 5.49. The summed E-state index contributed by atoms with van der Waals surface area (Å²) in [5, 5.41) is 4.93. The fraction of sp³-hybridized carbons (Fsp3) is 0.0824. The number of para-hydroxylation sites is 4. The van der Waals surface area contributed by atoms with Crippen LogP contribution in [0.2, 0.25) is 0 Å². The topological polar surface area (TPSA) is 25.6 Å². The fourth-order valence-electron chi connectivity index (χ4n) is 14.8. The Hall–Kier alpha value is -11.1. The molecule has 2 aromatic heterocycles. The summed E-state index contributed by atoms with van der Waals surface area (Å²) in [5.41, 5.74) is 27.1. The van der Waals surface area contributed by atoms with Crippen LogP contribution in [-0.4, -0.2) is 16.2 Å². The van der Waals surface area contributed by atoms with Gasteiger partial charge in [0.05, 0.1) is 40.6 Å². The normalized spacial score (nSPS) is 13.1. The lowest BCUT2D eigenvalue weighted by molar-refractivity contribution is 0.415. The summed E-state index contributed by atoms with van der Waals surface area (Å²) in [4.78, 5) is 4.75. The highest BCUT2D eigenvalue weighted by Crippen LogP contribution is 2.53. The van der Waals surface area contributed by atoms with Crippen LogP contribution in [0.5, 0.6) is 5.75 Å². The number of aromatic nitrogens is 2. The largest absolute Gasteiger partial charge is 0.497 e. The second kappa shape index (κ2) is 21.6. The van der Waals surface area contributed by atoms with Crippen molar-refractivity contribution < 1.29 is 4.74 Å². The third kappa shape index (κ3) is 8.75. The Morgan fingerprint density at radius 1 is 0.289 bits per heavy atom. The Kier molecular flexibility index (Phi) is 13.0. The minimum absolute atomic E-state index is 0.0651. The van der Waals surface area contributed by atoms with E-state index in [-0.39, 0.29) is 10.8 Å². The van der Waals surface area contributed by atoms with Gasteiger partial charge in [-0.05, 0) is 177 Å². The molecule has 0 atom stereocenters. The summed E-state index contributed by atoms with van der Waals surface area (Å²) in [5.74, 6) is 0.841. The number of fused-ring (bicyclic) bond motifs is 12. The zero-order valence-corrected chi connectivity index (χ0v) is 51.1. The van der Waals surface area contributed by atoms with E-state index in [1.807, 2.05) is 12.1 Å². The first kappa shape index (κ1) is 54.3. The molecule has 5 heteroatoms. The minimum Gasteiger partial charge on any atom is -0.497 e. The van der Waals surface area contributed by atoms with E-state index in [4.69, 9.17) is 4.74 Å². The molecule has 432 valence electrons. The lowest BCUT2D eigenvalue weighted by atomic mass is 9.82. The Labute approximate surface area is 526 Å². The Bertz CT molecular complexity index is 5210. The van der Waals surface area contributed by atoms with E-state index in [9.17, 15) is 0 Å². The van der Waals surface area contributed by atoms with Gasteiger partial charge in [0.1, 0.15) is 5.75 Å². The molecule has 0 bridgehead atoms. The van der Waals surface area contributed by atoms with E-state index in [1.54, 1.807) is 7.11 Å². The van der Waals surface area contributed by atoms with Gasteiger partial charge in [0.15, 0.2) is 0 Å². The van der Waals surface area contributed by atoms with Crippen LogP contribution in [0.25, 0.3) is 88.4 Å². The minimum atomic E-state index is -0.0676. The molecule has 0 spiro atoms. The van der Waals surface area contributed by atoms with Crippen LogP contribution in [0.1, 0.15) is 49.9 Å². The SMILES string of the molecule is CC1(C)c2ccccc2-c2ccc(-n3c4ccccc4c4c(N(c5ccccc5)c5ccc(-c6ccccc6)cc5)cccc43)cc21.COc1ccc(N(c2ccccc2)c2cccc3c2c2ccccc2n3-c2ccc3c(c2)C(C)(C)c2ccccc2-3)cc1. The van der Waals surface area contributed by atoms with Crippen LogP contribution in [0.15, 0.2) is 309 Å². The van der Waals surface area contributed by atoms with E-state index in [0.717, 1.165) is 39.9 Å². The van der Waals surface area contributed by atoms with Crippen LogP contribution in [-0.2, 0) is 10.8 Å². The monoisotopic (exact) mass is 1160 g/mol. The predicted octanol–water partition coefficient (Wildman–Crippen LogP) is 22.8. The summed E-state index contributed by atoms with van der Waals surface area (Å²) in [6.45, 7) is 9.40. The van der Waals surface area contributed by atoms with Gasteiger partial charge >= 0.3 is 0 Å². The van der Waals surface area contributed by atoms with E-state index < -0.39 is 0 Å². The van der Waals surface area contributed by atoms with Gasteiger partial charge < -0.3 is 23.7 Å². The highest BCUT2D eigenvalue weighted by Gasteiger charge is 2.37. The van der Waals surface area contributed by atoms with Crippen molar-refractivity contribution in [3.63, 3.8) is 0 Å². The lowest BCUT2D eigenvalue weighted by Crippen LogP contribution is -2.15. The molecule has 13 aromatic carbocycles. The summed E-state index contributed by atoms with van der Waals surface area (Å²) < 4.78 is 10.4. The average molecular weight is 1160 g/mol. The smallest absolute Gasteiger partial charge is 0.119 e. The van der Waals surface area contributed by atoms with E-state index in [1.165, 1.54) is 111 Å². The molecule has 0 saturated carbocycles. The van der Waals surface area contributed by atoms with Crippen molar-refractivity contribution in [3.8, 4) is 50.5 Å². The first-order chi connectivity index (χ1) is 44.2. The second-order valence-electron chi connectivity index (χ2n) is 24.8. The second-order valence-corrected chi connectivity index (χ2v) is 24.8. The standard InChI is InChI=1S/C45H34N2.C40H32N2O/c1-45(2)39-20-11-9-18-36(39)37-29-28-35(30-40(37)45)47-41-21-12-10-19-38(41)44-42(22-13-23-43(44)47)46(33-16-7-4-8-17-33)34-26-24-32(25-27-34)31-14-5-3-6-15-31;1-40(2)34-16-9-7-14-31(34)32-25-22-29(26-35(32)40)42-36-17-10-8-15-33(36)39-37(18-11-19-38(39)42)41(27-12-5-4-6-13-27)28-20-23-30(43-3)24-21-28/h3-30H,1-2H3;4-26H,1-3H3. The molecule has 0 aliphatic heterocycles. The number of benzene rings is 13. The van der Waals surface area contributed by atoms with Crippen molar-refractivity contribution in [2.45, 2.75) is 38.5 Å². The molecule has 0 amide bonds. The Morgan fingerprint density at radius 3 is 1.10 bits per heavy atom. The molecule has 0 unspecified atom stereocenters. The van der Waals surface area contributed by atoms with Crippen LogP contribution < -0.4 is 14.5 Å². The lowest BCUT2D eigenvalue weighted by Gasteiger charge is -2.26. The highest BCUT2D eigenvalue weighted by atomic mass is 16.5. The molecule has 2 aliphatic rings. The molecule has 0 radical (unpaired) electrons. The zero-order valence-electron chi connectivity index (χ0n) is 51.1. The first-order valence-electron chi connectivity index (χ1n) is 31.2. The number of hydrogen-bond acceptors (Lipinski definition) is 3. The molecule has 5 nitrogen and oxygen atoms in total. The molecule has 0 N–H and O–H groups in total. The third-order valence-electron chi connectivity index (χ3n) is 19.1. The zero-order chi connectivity index (χ0) is 60.7. The molecule has 17 rings (SSSR count). The van der Waals surface area contributed by atoms with Crippen LogP contribution in [0.3, 0.4) is 0 Å². The summed E-state index contributed by atoms with van der Waals surface area (Å²) in [6, 6.07) is 112. The Morgan fingerprint density at radius 2 is 0.644 bits per heavy atom. The molecule has 0 fully saturated rings.